The van der Waals surface area contributed by atoms with Crippen molar-refractivity contribution in [2.75, 3.05) is 18.2 Å². The van der Waals surface area contributed by atoms with Crippen molar-refractivity contribution in [3.8, 4) is 0 Å². The molecule has 0 spiro atoms. The molecule has 1 saturated carbocycles. The lowest BCUT2D eigenvalue weighted by Crippen LogP contribution is -2.54. The molecule has 1 fully saturated rings. The van der Waals surface area contributed by atoms with Crippen LogP contribution in [0.4, 0.5) is 11.4 Å². The number of carbonyl (C=O) groups excluding carboxylic acids is 3. The number of nitrogens with two attached hydrogens (primary N) is 2. The molecular formula is C20H31N5O4. The molecule has 9 heteroatoms. The van der Waals surface area contributed by atoms with Crippen LogP contribution in [0.3, 0.4) is 0 Å². The van der Waals surface area contributed by atoms with E-state index < -0.39 is 17.6 Å². The number of hydrogen-bond acceptors (Lipinski definition) is 7. The van der Waals surface area contributed by atoms with Gasteiger partial charge in [0.15, 0.2) is 0 Å². The maximum Gasteiger partial charge on any atom is 0.341 e. The second-order valence-corrected chi connectivity index (χ2v) is 8.16. The quantitative estimate of drug-likeness (QED) is 0.503. The van der Waals surface area contributed by atoms with Crippen molar-refractivity contribution in [1.29, 1.82) is 0 Å². The number of aromatic nitrogens is 1. The number of rotatable bonds is 7. The molecule has 2 rings (SSSR count). The van der Waals surface area contributed by atoms with Crippen LogP contribution >= 0.6 is 0 Å². The summed E-state index contributed by atoms with van der Waals surface area (Å²) < 4.78 is 4.64. The van der Waals surface area contributed by atoms with Gasteiger partial charge in [-0.15, -0.1) is 0 Å². The molecule has 0 aromatic carbocycles. The molecule has 9 nitrogen and oxygen atoms in total. The third-order valence-electron chi connectivity index (χ3n) is 5.19. The smallest absolute Gasteiger partial charge is 0.341 e. The summed E-state index contributed by atoms with van der Waals surface area (Å²) in [6.45, 7) is 3.51. The first-order valence-electron chi connectivity index (χ1n) is 9.84. The Morgan fingerprint density at radius 2 is 1.90 bits per heavy atom. The van der Waals surface area contributed by atoms with Gasteiger partial charge < -0.3 is 26.8 Å². The summed E-state index contributed by atoms with van der Waals surface area (Å²) in [6, 6.07) is -0.575. The minimum absolute atomic E-state index is 0.00197. The van der Waals surface area contributed by atoms with Crippen molar-refractivity contribution in [3.05, 3.63) is 18.0 Å². The zero-order valence-electron chi connectivity index (χ0n) is 17.3. The molecule has 0 aliphatic heterocycles. The number of anilines is 2. The van der Waals surface area contributed by atoms with Crippen molar-refractivity contribution in [1.82, 2.24) is 10.3 Å². The van der Waals surface area contributed by atoms with Crippen LogP contribution in [0.25, 0.3) is 0 Å². The molecule has 1 aromatic heterocycles. The van der Waals surface area contributed by atoms with E-state index in [9.17, 15) is 14.4 Å². The summed E-state index contributed by atoms with van der Waals surface area (Å²) in [6.07, 6.45) is 7.91. The minimum atomic E-state index is -0.810. The molecule has 0 radical (unpaired) electrons. The van der Waals surface area contributed by atoms with E-state index in [1.165, 1.54) is 25.9 Å². The van der Waals surface area contributed by atoms with Crippen molar-refractivity contribution in [2.24, 2.45) is 11.7 Å². The zero-order chi connectivity index (χ0) is 21.6. The highest BCUT2D eigenvalue weighted by molar-refractivity contribution is 6.01. The van der Waals surface area contributed by atoms with Crippen LogP contribution in [-0.2, 0) is 14.3 Å². The Kier molecular flexibility index (Phi) is 7.55. The van der Waals surface area contributed by atoms with Gasteiger partial charge in [-0.3, -0.25) is 14.6 Å². The van der Waals surface area contributed by atoms with Gasteiger partial charge in [0, 0.05) is 18.2 Å². The number of amides is 2. The predicted molar refractivity (Wildman–Crippen MR) is 110 cm³/mol. The van der Waals surface area contributed by atoms with Gasteiger partial charge in [-0.25, -0.2) is 4.79 Å². The van der Waals surface area contributed by atoms with Gasteiger partial charge in [-0.2, -0.15) is 0 Å². The van der Waals surface area contributed by atoms with Crippen LogP contribution in [-0.4, -0.2) is 41.5 Å². The fraction of sp³-hybridized carbons (Fsp3) is 0.600. The highest BCUT2D eigenvalue weighted by Crippen LogP contribution is 2.26. The van der Waals surface area contributed by atoms with Gasteiger partial charge in [-0.1, -0.05) is 19.3 Å². The molecule has 6 N–H and O–H groups in total. The van der Waals surface area contributed by atoms with Gasteiger partial charge in [0.05, 0.1) is 30.7 Å². The van der Waals surface area contributed by atoms with Crippen LogP contribution < -0.4 is 22.1 Å². The van der Waals surface area contributed by atoms with Gasteiger partial charge in [0.2, 0.25) is 11.8 Å². The third kappa shape index (κ3) is 6.15. The number of esters is 1. The number of pyridine rings is 1. The van der Waals surface area contributed by atoms with Crippen LogP contribution in [0, 0.1) is 5.92 Å². The number of methoxy groups -OCH3 is 1. The van der Waals surface area contributed by atoms with Gasteiger partial charge >= 0.3 is 5.97 Å². The SMILES string of the molecule is COC(=O)c1cncc(NC(=O)CC(C)(C)NC(=O)[C@@H](N)C2CCCCC2)c1N. The first-order chi connectivity index (χ1) is 13.6. The standard InChI is InChI=1S/C20H31N5O4/c1-20(2,25-18(27)16(21)12-7-5-4-6-8-12)9-15(26)24-14-11-23-10-13(17(14)22)19(28)29-3/h10-12,16H,4-9,21H2,1-3H3,(H2,22,23)(H,24,26)(H,25,27)/t16-/m0/s1. The zero-order valence-corrected chi connectivity index (χ0v) is 17.3. The molecule has 1 heterocycles. The second-order valence-electron chi connectivity index (χ2n) is 8.16. The number of carbonyl (C=O) groups is 3. The number of ether oxygens (including phenoxy) is 1. The summed E-state index contributed by atoms with van der Waals surface area (Å²) in [4.78, 5) is 40.7. The first-order valence-corrected chi connectivity index (χ1v) is 9.84. The fourth-order valence-corrected chi connectivity index (χ4v) is 3.61. The molecule has 2 amide bonds. The molecule has 1 atom stereocenters. The van der Waals surface area contributed by atoms with E-state index in [2.05, 4.69) is 20.4 Å². The van der Waals surface area contributed by atoms with Crippen molar-refractivity contribution < 1.29 is 19.1 Å². The predicted octanol–water partition coefficient (Wildman–Crippen LogP) is 1.58. The molecule has 1 aliphatic carbocycles. The first kappa shape index (κ1) is 22.6. The highest BCUT2D eigenvalue weighted by atomic mass is 16.5. The summed E-state index contributed by atoms with van der Waals surface area (Å²) in [7, 11) is 1.23. The lowest BCUT2D eigenvalue weighted by atomic mass is 9.83. The summed E-state index contributed by atoms with van der Waals surface area (Å²) in [5, 5.41) is 5.51. The maximum atomic E-state index is 12.6. The van der Waals surface area contributed by atoms with E-state index >= 15 is 0 Å². The average molecular weight is 405 g/mol. The van der Waals surface area contributed by atoms with Gasteiger partial charge in [-0.05, 0) is 32.6 Å². The van der Waals surface area contributed by atoms with Crippen LogP contribution in [0.1, 0.15) is 62.7 Å². The lowest BCUT2D eigenvalue weighted by Gasteiger charge is -2.31. The minimum Gasteiger partial charge on any atom is -0.465 e. The Labute approximate surface area is 170 Å². The number of nitrogens with one attached hydrogen (secondary N) is 2. The van der Waals surface area contributed by atoms with Crippen LogP contribution in [0.5, 0.6) is 0 Å². The van der Waals surface area contributed by atoms with Gasteiger partial charge in [0.25, 0.3) is 0 Å². The largest absolute Gasteiger partial charge is 0.465 e. The topological polar surface area (TPSA) is 149 Å². The molecule has 1 aliphatic rings. The fourth-order valence-electron chi connectivity index (χ4n) is 3.61. The molecular weight excluding hydrogens is 374 g/mol. The summed E-state index contributed by atoms with van der Waals surface area (Å²) in [5.74, 6) is -1.09. The molecule has 0 saturated heterocycles. The van der Waals surface area contributed by atoms with E-state index in [0.717, 1.165) is 25.7 Å². The molecule has 0 bridgehead atoms. The van der Waals surface area contributed by atoms with Crippen LogP contribution in [0.15, 0.2) is 12.4 Å². The van der Waals surface area contributed by atoms with E-state index in [-0.39, 0.29) is 41.1 Å². The normalized spacial score (nSPS) is 16.0. The Morgan fingerprint density at radius 3 is 2.52 bits per heavy atom. The second kappa shape index (κ2) is 9.69. The summed E-state index contributed by atoms with van der Waals surface area (Å²) >= 11 is 0. The Morgan fingerprint density at radius 1 is 1.24 bits per heavy atom. The van der Waals surface area contributed by atoms with E-state index in [1.807, 2.05) is 0 Å². The Bertz CT molecular complexity index is 759. The molecule has 29 heavy (non-hydrogen) atoms. The molecule has 160 valence electrons. The lowest BCUT2D eigenvalue weighted by molar-refractivity contribution is -0.126. The summed E-state index contributed by atoms with van der Waals surface area (Å²) in [5.41, 5.74) is 11.6. The van der Waals surface area contributed by atoms with E-state index in [1.54, 1.807) is 13.8 Å². The molecule has 0 unspecified atom stereocenters. The maximum absolute atomic E-state index is 12.6. The Hall–Kier alpha value is -2.68. The van der Waals surface area contributed by atoms with E-state index in [0.29, 0.717) is 0 Å². The number of nitrogen functional groups attached to an aromatic ring is 1. The van der Waals surface area contributed by atoms with Crippen LogP contribution in [0.2, 0.25) is 0 Å². The molecule has 1 aromatic rings. The van der Waals surface area contributed by atoms with E-state index in [4.69, 9.17) is 11.5 Å². The van der Waals surface area contributed by atoms with Crippen molar-refractivity contribution in [3.63, 3.8) is 0 Å². The number of hydrogen-bond donors (Lipinski definition) is 4. The third-order valence-corrected chi connectivity index (χ3v) is 5.19. The Balaban J connectivity index is 1.97. The average Bonchev–Trinajstić information content (AvgIpc) is 2.68. The van der Waals surface area contributed by atoms with Gasteiger partial charge in [0.1, 0.15) is 5.56 Å². The highest BCUT2D eigenvalue weighted by Gasteiger charge is 2.31. The van der Waals surface area contributed by atoms with Crippen molar-refractivity contribution >= 4 is 29.2 Å². The monoisotopic (exact) mass is 405 g/mol. The number of nitrogens with zero attached hydrogens (tertiary/aromatic N) is 1. The van der Waals surface area contributed by atoms with Crippen molar-refractivity contribution in [2.45, 2.75) is 64.0 Å².